The van der Waals surface area contributed by atoms with Gasteiger partial charge < -0.3 is 10.6 Å². The second-order valence-electron chi connectivity index (χ2n) is 5.98. The van der Waals surface area contributed by atoms with E-state index in [1.54, 1.807) is 43.3 Å². The number of aryl methyl sites for hydroxylation is 1. The van der Waals surface area contributed by atoms with E-state index in [1.165, 1.54) is 17.0 Å². The fourth-order valence-electron chi connectivity index (χ4n) is 2.48. The summed E-state index contributed by atoms with van der Waals surface area (Å²) >= 11 is 0. The quantitative estimate of drug-likeness (QED) is 0.715. The number of rotatable bonds is 5. The van der Waals surface area contributed by atoms with E-state index in [0.717, 1.165) is 0 Å². The predicted octanol–water partition coefficient (Wildman–Crippen LogP) is 1.60. The number of carbonyl (C=O) groups is 2. The van der Waals surface area contributed by atoms with E-state index in [4.69, 9.17) is 0 Å². The molecule has 8 heteroatoms. The molecule has 0 bridgehead atoms. The van der Waals surface area contributed by atoms with Crippen molar-refractivity contribution in [1.82, 2.24) is 14.9 Å². The molecule has 1 heterocycles. The summed E-state index contributed by atoms with van der Waals surface area (Å²) in [5, 5.41) is 5.32. The molecule has 3 rings (SSSR count). The first-order chi connectivity index (χ1) is 12.9. The van der Waals surface area contributed by atoms with E-state index in [2.05, 4.69) is 15.6 Å². The van der Waals surface area contributed by atoms with Crippen molar-refractivity contribution >= 4 is 28.4 Å². The maximum atomic E-state index is 13.5. The number of benzene rings is 2. The van der Waals surface area contributed by atoms with Crippen LogP contribution in [0.5, 0.6) is 0 Å². The van der Waals surface area contributed by atoms with Crippen molar-refractivity contribution in [3.8, 4) is 0 Å². The lowest BCUT2D eigenvalue weighted by Crippen LogP contribution is -2.37. The van der Waals surface area contributed by atoms with Crippen LogP contribution in [-0.2, 0) is 16.1 Å². The number of halogens is 1. The number of fused-ring (bicyclic) bond motifs is 1. The Morgan fingerprint density at radius 3 is 2.70 bits per heavy atom. The number of amides is 2. The minimum absolute atomic E-state index is 0.261. The third-order valence-electron chi connectivity index (χ3n) is 3.95. The molecule has 0 spiro atoms. The molecule has 2 N–H and O–H groups in total. The van der Waals surface area contributed by atoms with Crippen molar-refractivity contribution in [3.05, 3.63) is 70.5 Å². The van der Waals surface area contributed by atoms with Gasteiger partial charge in [0.15, 0.2) is 0 Å². The van der Waals surface area contributed by atoms with Crippen LogP contribution in [0.1, 0.15) is 5.56 Å². The summed E-state index contributed by atoms with van der Waals surface area (Å²) in [7, 11) is 0. The van der Waals surface area contributed by atoms with Gasteiger partial charge in [-0.2, -0.15) is 0 Å². The standard InChI is InChI=1S/C19H17FN4O3/c1-12-6-7-13(8-15(12)20)23-17(25)9-21-18(26)10-24-11-22-16-5-3-2-4-14(16)19(24)27/h2-8,11H,9-10H2,1H3,(H,21,26)(H,23,25). The predicted molar refractivity (Wildman–Crippen MR) is 98.8 cm³/mol. The molecular formula is C19H17FN4O3. The van der Waals surface area contributed by atoms with Gasteiger partial charge in [0.05, 0.1) is 23.8 Å². The van der Waals surface area contributed by atoms with Gasteiger partial charge in [0.25, 0.3) is 5.56 Å². The summed E-state index contributed by atoms with van der Waals surface area (Å²) in [5.41, 5.74) is 0.974. The highest BCUT2D eigenvalue weighted by Crippen LogP contribution is 2.13. The maximum absolute atomic E-state index is 13.5. The Morgan fingerprint density at radius 2 is 1.93 bits per heavy atom. The number of aromatic nitrogens is 2. The average Bonchev–Trinajstić information content (AvgIpc) is 2.65. The van der Waals surface area contributed by atoms with Gasteiger partial charge in [0, 0.05) is 5.69 Å². The molecule has 0 saturated heterocycles. The molecule has 1 aromatic heterocycles. The molecular weight excluding hydrogens is 351 g/mol. The fraction of sp³-hybridized carbons (Fsp3) is 0.158. The maximum Gasteiger partial charge on any atom is 0.261 e. The van der Waals surface area contributed by atoms with Crippen molar-refractivity contribution < 1.29 is 14.0 Å². The van der Waals surface area contributed by atoms with Crippen LogP contribution >= 0.6 is 0 Å². The SMILES string of the molecule is Cc1ccc(NC(=O)CNC(=O)Cn2cnc3ccccc3c2=O)cc1F. The Balaban J connectivity index is 1.58. The van der Waals surface area contributed by atoms with Crippen molar-refractivity contribution in [1.29, 1.82) is 0 Å². The van der Waals surface area contributed by atoms with Gasteiger partial charge in [-0.15, -0.1) is 0 Å². The van der Waals surface area contributed by atoms with Crippen molar-refractivity contribution in [2.24, 2.45) is 0 Å². The Morgan fingerprint density at radius 1 is 1.15 bits per heavy atom. The third kappa shape index (κ3) is 4.35. The highest BCUT2D eigenvalue weighted by atomic mass is 19.1. The fourth-order valence-corrected chi connectivity index (χ4v) is 2.48. The summed E-state index contributed by atoms with van der Waals surface area (Å²) in [6, 6.07) is 11.1. The largest absolute Gasteiger partial charge is 0.345 e. The Bertz CT molecular complexity index is 1080. The minimum atomic E-state index is -0.514. The summed E-state index contributed by atoms with van der Waals surface area (Å²) in [5.74, 6) is -1.45. The molecule has 3 aromatic rings. The van der Waals surface area contributed by atoms with Crippen LogP contribution in [0.25, 0.3) is 10.9 Å². The van der Waals surface area contributed by atoms with Crippen LogP contribution in [0.3, 0.4) is 0 Å². The minimum Gasteiger partial charge on any atom is -0.345 e. The average molecular weight is 368 g/mol. The van der Waals surface area contributed by atoms with Gasteiger partial charge >= 0.3 is 0 Å². The summed E-state index contributed by atoms with van der Waals surface area (Å²) < 4.78 is 14.6. The lowest BCUT2D eigenvalue weighted by atomic mass is 10.2. The lowest BCUT2D eigenvalue weighted by Gasteiger charge is -2.09. The van der Waals surface area contributed by atoms with Crippen LogP contribution < -0.4 is 16.2 Å². The highest BCUT2D eigenvalue weighted by molar-refractivity contribution is 5.94. The normalized spacial score (nSPS) is 10.6. The zero-order chi connectivity index (χ0) is 19.4. The Labute approximate surface area is 153 Å². The van der Waals surface area contributed by atoms with Gasteiger partial charge in [-0.3, -0.25) is 19.0 Å². The number of carbonyl (C=O) groups excluding carboxylic acids is 2. The zero-order valence-corrected chi connectivity index (χ0v) is 14.5. The lowest BCUT2D eigenvalue weighted by molar-refractivity contribution is -0.124. The van der Waals surface area contributed by atoms with E-state index in [-0.39, 0.29) is 18.6 Å². The van der Waals surface area contributed by atoms with E-state index in [9.17, 15) is 18.8 Å². The first kappa shape index (κ1) is 18.2. The molecule has 27 heavy (non-hydrogen) atoms. The molecule has 138 valence electrons. The molecule has 0 unspecified atom stereocenters. The molecule has 2 amide bonds. The topological polar surface area (TPSA) is 93.1 Å². The van der Waals surface area contributed by atoms with Gasteiger partial charge in [0.1, 0.15) is 12.4 Å². The molecule has 7 nitrogen and oxygen atoms in total. The number of anilines is 1. The highest BCUT2D eigenvalue weighted by Gasteiger charge is 2.10. The van der Waals surface area contributed by atoms with Crippen LogP contribution in [0.15, 0.2) is 53.6 Å². The van der Waals surface area contributed by atoms with Gasteiger partial charge in [0.2, 0.25) is 11.8 Å². The first-order valence-electron chi connectivity index (χ1n) is 8.21. The number of hydrogen-bond donors (Lipinski definition) is 2. The molecule has 0 aliphatic carbocycles. The molecule has 0 atom stereocenters. The van der Waals surface area contributed by atoms with Crippen molar-refractivity contribution in [3.63, 3.8) is 0 Å². The van der Waals surface area contributed by atoms with Gasteiger partial charge in [-0.25, -0.2) is 9.37 Å². The van der Waals surface area contributed by atoms with Crippen molar-refractivity contribution in [2.45, 2.75) is 13.5 Å². The number of para-hydroxylation sites is 1. The summed E-state index contributed by atoms with van der Waals surface area (Å²) in [6.45, 7) is 1.05. The Hall–Kier alpha value is -3.55. The first-order valence-corrected chi connectivity index (χ1v) is 8.21. The number of nitrogens with zero attached hydrogens (tertiary/aromatic N) is 2. The van der Waals surface area contributed by atoms with Crippen molar-refractivity contribution in [2.75, 3.05) is 11.9 Å². The van der Waals surface area contributed by atoms with Crippen LogP contribution in [0.2, 0.25) is 0 Å². The molecule has 0 fully saturated rings. The second kappa shape index (κ2) is 7.77. The molecule has 0 aliphatic heterocycles. The molecule has 0 radical (unpaired) electrons. The van der Waals surface area contributed by atoms with Crippen LogP contribution in [-0.4, -0.2) is 27.9 Å². The number of hydrogen-bond acceptors (Lipinski definition) is 4. The smallest absolute Gasteiger partial charge is 0.261 e. The van der Waals surface area contributed by atoms with Gasteiger partial charge in [-0.1, -0.05) is 18.2 Å². The molecule has 0 aliphatic rings. The van der Waals surface area contributed by atoms with E-state index in [0.29, 0.717) is 22.2 Å². The summed E-state index contributed by atoms with van der Waals surface area (Å²) in [4.78, 5) is 40.4. The van der Waals surface area contributed by atoms with E-state index in [1.807, 2.05) is 0 Å². The van der Waals surface area contributed by atoms with E-state index < -0.39 is 17.6 Å². The van der Waals surface area contributed by atoms with E-state index >= 15 is 0 Å². The van der Waals surface area contributed by atoms with Crippen LogP contribution in [0.4, 0.5) is 10.1 Å². The third-order valence-corrected chi connectivity index (χ3v) is 3.95. The molecule has 2 aromatic carbocycles. The Kier molecular flexibility index (Phi) is 5.25. The number of nitrogens with one attached hydrogen (secondary N) is 2. The monoisotopic (exact) mass is 368 g/mol. The molecule has 0 saturated carbocycles. The summed E-state index contributed by atoms with van der Waals surface area (Å²) in [6.07, 6.45) is 1.29. The zero-order valence-electron chi connectivity index (χ0n) is 14.5. The second-order valence-corrected chi connectivity index (χ2v) is 5.98. The van der Waals surface area contributed by atoms with Gasteiger partial charge in [-0.05, 0) is 36.8 Å². The van der Waals surface area contributed by atoms with Crippen LogP contribution in [0, 0.1) is 12.7 Å².